The summed E-state index contributed by atoms with van der Waals surface area (Å²) < 4.78 is 3.04. The number of aromatic nitrogens is 2. The van der Waals surface area contributed by atoms with E-state index in [1.54, 1.807) is 6.33 Å². The molecule has 0 N–H and O–H groups in total. The highest BCUT2D eigenvalue weighted by atomic mass is 79.9. The molecule has 3 aromatic rings. The highest BCUT2D eigenvalue weighted by Crippen LogP contribution is 2.20. The summed E-state index contributed by atoms with van der Waals surface area (Å²) in [6.07, 6.45) is 3.69. The zero-order valence-corrected chi connectivity index (χ0v) is 13.7. The lowest BCUT2D eigenvalue weighted by molar-refractivity contribution is 0.830. The van der Waals surface area contributed by atoms with E-state index >= 15 is 0 Å². The summed E-state index contributed by atoms with van der Waals surface area (Å²) >= 11 is 3.52. The number of rotatable bonds is 3. The minimum absolute atomic E-state index is 0.516. The van der Waals surface area contributed by atoms with Gasteiger partial charge in [0.25, 0.3) is 0 Å². The number of nitriles is 1. The Morgan fingerprint density at radius 2 is 2.14 bits per heavy atom. The summed E-state index contributed by atoms with van der Waals surface area (Å²) in [4.78, 5) is 4.36. The van der Waals surface area contributed by atoms with Crippen molar-refractivity contribution in [2.75, 3.05) is 0 Å². The minimum Gasteiger partial charge on any atom is -0.325 e. The number of aryl methyl sites for hydroxylation is 1. The zero-order chi connectivity index (χ0) is 15.5. The Kier molecular flexibility index (Phi) is 4.08. The standard InChI is InChI=1S/C18H14BrN3/c1-13-6-7-14(9-16(13)19)8-15(10-20)11-22-12-21-17-4-2-3-5-18(17)22/h2-9,12H,11H2,1H3/b15-8-. The van der Waals surface area contributed by atoms with Gasteiger partial charge < -0.3 is 4.57 Å². The molecule has 3 nitrogen and oxygen atoms in total. The predicted molar refractivity (Wildman–Crippen MR) is 92.2 cm³/mol. The first kappa shape index (κ1) is 14.6. The molecule has 0 unspecified atom stereocenters. The molecule has 0 radical (unpaired) electrons. The first-order valence-electron chi connectivity index (χ1n) is 6.94. The van der Waals surface area contributed by atoms with Gasteiger partial charge in [0.1, 0.15) is 0 Å². The summed E-state index contributed by atoms with van der Waals surface area (Å²) in [6, 6.07) is 16.3. The second-order valence-corrected chi connectivity index (χ2v) is 6.01. The van der Waals surface area contributed by atoms with E-state index in [2.05, 4.69) is 27.0 Å². The molecule has 0 aliphatic rings. The fraction of sp³-hybridized carbons (Fsp3) is 0.111. The van der Waals surface area contributed by atoms with Crippen LogP contribution in [0.4, 0.5) is 0 Å². The van der Waals surface area contributed by atoms with Crippen LogP contribution in [0.25, 0.3) is 17.1 Å². The lowest BCUT2D eigenvalue weighted by Crippen LogP contribution is -1.98. The van der Waals surface area contributed by atoms with Crippen molar-refractivity contribution < 1.29 is 0 Å². The molecule has 108 valence electrons. The van der Waals surface area contributed by atoms with Crippen LogP contribution in [0.15, 0.2) is 58.8 Å². The highest BCUT2D eigenvalue weighted by molar-refractivity contribution is 9.10. The van der Waals surface area contributed by atoms with Crippen LogP contribution in [0.1, 0.15) is 11.1 Å². The van der Waals surface area contributed by atoms with Gasteiger partial charge >= 0.3 is 0 Å². The second-order valence-electron chi connectivity index (χ2n) is 5.15. The molecule has 0 fully saturated rings. The van der Waals surface area contributed by atoms with E-state index in [9.17, 15) is 5.26 Å². The number of para-hydroxylation sites is 2. The Morgan fingerprint density at radius 1 is 1.32 bits per heavy atom. The summed E-state index contributed by atoms with van der Waals surface area (Å²) in [5.74, 6) is 0. The molecule has 0 spiro atoms. The van der Waals surface area contributed by atoms with Gasteiger partial charge in [0.05, 0.1) is 30.0 Å². The van der Waals surface area contributed by atoms with E-state index in [-0.39, 0.29) is 0 Å². The van der Waals surface area contributed by atoms with Gasteiger partial charge in [-0.05, 0) is 42.3 Å². The molecular weight excluding hydrogens is 338 g/mol. The Hall–Kier alpha value is -2.38. The van der Waals surface area contributed by atoms with Crippen LogP contribution in [0.5, 0.6) is 0 Å². The molecule has 22 heavy (non-hydrogen) atoms. The molecule has 0 amide bonds. The van der Waals surface area contributed by atoms with E-state index in [1.807, 2.05) is 60.0 Å². The SMILES string of the molecule is Cc1ccc(/C=C(/C#N)Cn2cnc3ccccc32)cc1Br. The minimum atomic E-state index is 0.516. The van der Waals surface area contributed by atoms with Crippen molar-refractivity contribution in [3.05, 3.63) is 70.0 Å². The molecule has 0 aliphatic heterocycles. The number of imidazole rings is 1. The molecule has 3 rings (SSSR count). The highest BCUT2D eigenvalue weighted by Gasteiger charge is 2.05. The Labute approximate surface area is 137 Å². The van der Waals surface area contributed by atoms with Gasteiger partial charge in [-0.1, -0.05) is 40.2 Å². The average Bonchev–Trinajstić information content (AvgIpc) is 2.93. The maximum absolute atomic E-state index is 9.42. The fourth-order valence-electron chi connectivity index (χ4n) is 2.33. The van der Waals surface area contributed by atoms with Gasteiger partial charge in [-0.2, -0.15) is 5.26 Å². The fourth-order valence-corrected chi connectivity index (χ4v) is 2.73. The van der Waals surface area contributed by atoms with Crippen molar-refractivity contribution in [1.82, 2.24) is 9.55 Å². The van der Waals surface area contributed by atoms with E-state index in [0.717, 1.165) is 21.1 Å². The normalized spacial score (nSPS) is 11.6. The maximum atomic E-state index is 9.42. The molecule has 1 heterocycles. The number of hydrogen-bond acceptors (Lipinski definition) is 2. The molecule has 2 aromatic carbocycles. The molecule has 0 bridgehead atoms. The first-order chi connectivity index (χ1) is 10.7. The summed E-state index contributed by atoms with van der Waals surface area (Å²) in [5.41, 5.74) is 4.86. The lowest BCUT2D eigenvalue weighted by Gasteiger charge is -2.04. The summed E-state index contributed by atoms with van der Waals surface area (Å²) in [5, 5.41) is 9.42. The largest absolute Gasteiger partial charge is 0.325 e. The van der Waals surface area contributed by atoms with Crippen LogP contribution in [-0.2, 0) is 6.54 Å². The summed E-state index contributed by atoms with van der Waals surface area (Å²) in [6.45, 7) is 2.56. The van der Waals surface area contributed by atoms with Gasteiger partial charge in [-0.25, -0.2) is 4.98 Å². The van der Waals surface area contributed by atoms with Crippen molar-refractivity contribution in [3.8, 4) is 6.07 Å². The maximum Gasteiger partial charge on any atom is 0.0966 e. The van der Waals surface area contributed by atoms with Gasteiger partial charge in [0, 0.05) is 10.0 Å². The number of hydrogen-bond donors (Lipinski definition) is 0. The molecule has 0 atom stereocenters. The zero-order valence-electron chi connectivity index (χ0n) is 12.1. The van der Waals surface area contributed by atoms with Crippen LogP contribution in [-0.4, -0.2) is 9.55 Å². The quantitative estimate of drug-likeness (QED) is 0.641. The molecule has 0 saturated heterocycles. The number of allylic oxidation sites excluding steroid dienone is 1. The van der Waals surface area contributed by atoms with Crippen molar-refractivity contribution in [3.63, 3.8) is 0 Å². The number of nitrogens with zero attached hydrogens (tertiary/aromatic N) is 3. The van der Waals surface area contributed by atoms with Crippen molar-refractivity contribution in [2.24, 2.45) is 0 Å². The van der Waals surface area contributed by atoms with Crippen molar-refractivity contribution >= 4 is 33.0 Å². The van der Waals surface area contributed by atoms with Crippen LogP contribution in [0.2, 0.25) is 0 Å². The topological polar surface area (TPSA) is 41.6 Å². The molecular formula is C18H14BrN3. The van der Waals surface area contributed by atoms with Gasteiger partial charge in [-0.3, -0.25) is 0 Å². The van der Waals surface area contributed by atoms with Crippen LogP contribution in [0, 0.1) is 18.3 Å². The molecule has 4 heteroatoms. The van der Waals surface area contributed by atoms with Crippen LogP contribution in [0.3, 0.4) is 0 Å². The first-order valence-corrected chi connectivity index (χ1v) is 7.73. The third-order valence-electron chi connectivity index (χ3n) is 3.55. The number of fused-ring (bicyclic) bond motifs is 1. The van der Waals surface area contributed by atoms with Crippen molar-refractivity contribution in [1.29, 1.82) is 5.26 Å². The van der Waals surface area contributed by atoms with Crippen LogP contribution < -0.4 is 0 Å². The molecule has 0 saturated carbocycles. The Balaban J connectivity index is 1.93. The van der Waals surface area contributed by atoms with Gasteiger partial charge in [0.2, 0.25) is 0 Å². The van der Waals surface area contributed by atoms with E-state index in [0.29, 0.717) is 12.1 Å². The third-order valence-corrected chi connectivity index (χ3v) is 4.40. The average molecular weight is 352 g/mol. The number of halogens is 1. The monoisotopic (exact) mass is 351 g/mol. The van der Waals surface area contributed by atoms with Crippen LogP contribution >= 0.6 is 15.9 Å². The number of benzene rings is 2. The third kappa shape index (κ3) is 2.95. The molecule has 1 aromatic heterocycles. The summed E-state index contributed by atoms with van der Waals surface area (Å²) in [7, 11) is 0. The van der Waals surface area contributed by atoms with E-state index in [4.69, 9.17) is 0 Å². The Morgan fingerprint density at radius 3 is 2.91 bits per heavy atom. The lowest BCUT2D eigenvalue weighted by atomic mass is 10.1. The van der Waals surface area contributed by atoms with E-state index < -0.39 is 0 Å². The second kappa shape index (κ2) is 6.17. The van der Waals surface area contributed by atoms with Gasteiger partial charge in [0.15, 0.2) is 0 Å². The smallest absolute Gasteiger partial charge is 0.0966 e. The van der Waals surface area contributed by atoms with E-state index in [1.165, 1.54) is 5.56 Å². The predicted octanol–water partition coefficient (Wildman–Crippen LogP) is 4.71. The van der Waals surface area contributed by atoms with Gasteiger partial charge in [-0.15, -0.1) is 0 Å². The van der Waals surface area contributed by atoms with Crippen molar-refractivity contribution in [2.45, 2.75) is 13.5 Å². The molecule has 0 aliphatic carbocycles. The Bertz CT molecular complexity index is 900.